The third-order valence-corrected chi connectivity index (χ3v) is 6.78. The van der Waals surface area contributed by atoms with Gasteiger partial charge in [0.1, 0.15) is 5.82 Å². The number of piperazine rings is 1. The summed E-state index contributed by atoms with van der Waals surface area (Å²) >= 11 is 0. The third kappa shape index (κ3) is 6.76. The summed E-state index contributed by atoms with van der Waals surface area (Å²) in [6.45, 7) is 5.67. The number of nitrogens with zero attached hydrogens (tertiary/aromatic N) is 4. The molecular formula is C26H34FN5O2. The number of hydrogen-bond acceptors (Lipinski definition) is 5. The molecule has 182 valence electrons. The number of aromatic nitrogens is 1. The Kier molecular flexibility index (Phi) is 8.46. The molecule has 1 N–H and O–H groups in total. The van der Waals surface area contributed by atoms with Crippen molar-refractivity contribution in [2.75, 3.05) is 50.7 Å². The molecule has 2 amide bonds. The molecule has 2 saturated heterocycles. The number of benzene rings is 1. The first kappa shape index (κ1) is 24.1. The summed E-state index contributed by atoms with van der Waals surface area (Å²) in [6.07, 6.45) is 6.46. The molecule has 0 aliphatic carbocycles. The van der Waals surface area contributed by atoms with E-state index >= 15 is 0 Å². The predicted octanol–water partition coefficient (Wildman–Crippen LogP) is 2.68. The minimum atomic E-state index is -0.240. The first-order chi connectivity index (χ1) is 16.6. The fraction of sp³-hybridized carbons (Fsp3) is 0.500. The van der Waals surface area contributed by atoms with Crippen LogP contribution in [0.2, 0.25) is 0 Å². The van der Waals surface area contributed by atoms with E-state index in [-0.39, 0.29) is 23.5 Å². The van der Waals surface area contributed by atoms with Crippen LogP contribution in [0.5, 0.6) is 0 Å². The lowest BCUT2D eigenvalue weighted by atomic mass is 9.97. The molecule has 1 atom stereocenters. The molecule has 0 spiro atoms. The lowest BCUT2D eigenvalue weighted by Gasteiger charge is -2.37. The summed E-state index contributed by atoms with van der Waals surface area (Å²) in [6, 6.07) is 10.5. The Bertz CT molecular complexity index is 932. The Morgan fingerprint density at radius 1 is 0.971 bits per heavy atom. The van der Waals surface area contributed by atoms with Crippen LogP contribution in [0.1, 0.15) is 31.2 Å². The van der Waals surface area contributed by atoms with Crippen molar-refractivity contribution in [3.05, 3.63) is 60.2 Å². The molecule has 3 heterocycles. The Balaban J connectivity index is 1.32. The molecule has 4 rings (SSSR count). The van der Waals surface area contributed by atoms with Gasteiger partial charge in [-0.3, -0.25) is 19.5 Å². The zero-order valence-electron chi connectivity index (χ0n) is 19.7. The fourth-order valence-corrected chi connectivity index (χ4v) is 4.80. The van der Waals surface area contributed by atoms with Gasteiger partial charge in [0.15, 0.2) is 0 Å². The van der Waals surface area contributed by atoms with Crippen LogP contribution in [-0.2, 0) is 16.1 Å². The Labute approximate surface area is 200 Å². The molecule has 34 heavy (non-hydrogen) atoms. The van der Waals surface area contributed by atoms with E-state index < -0.39 is 0 Å². The van der Waals surface area contributed by atoms with Crippen molar-refractivity contribution in [3.8, 4) is 0 Å². The molecule has 2 aliphatic heterocycles. The molecule has 7 nitrogen and oxygen atoms in total. The van der Waals surface area contributed by atoms with Crippen molar-refractivity contribution in [1.82, 2.24) is 20.1 Å². The van der Waals surface area contributed by atoms with Gasteiger partial charge in [-0.2, -0.15) is 0 Å². The van der Waals surface area contributed by atoms with Gasteiger partial charge in [-0.15, -0.1) is 0 Å². The summed E-state index contributed by atoms with van der Waals surface area (Å²) in [5.74, 6) is -0.0944. The third-order valence-electron chi connectivity index (χ3n) is 6.78. The lowest BCUT2D eigenvalue weighted by molar-refractivity contribution is -0.136. The zero-order valence-corrected chi connectivity index (χ0v) is 19.7. The van der Waals surface area contributed by atoms with Crippen LogP contribution >= 0.6 is 0 Å². The number of carbonyl (C=O) groups excluding carboxylic acids is 2. The monoisotopic (exact) mass is 467 g/mol. The molecule has 2 aromatic rings. The van der Waals surface area contributed by atoms with Crippen molar-refractivity contribution in [1.29, 1.82) is 0 Å². The van der Waals surface area contributed by atoms with Crippen LogP contribution in [0.3, 0.4) is 0 Å². The van der Waals surface area contributed by atoms with Gasteiger partial charge in [0.25, 0.3) is 0 Å². The molecule has 8 heteroatoms. The largest absolute Gasteiger partial charge is 0.368 e. The number of anilines is 1. The average Bonchev–Trinajstić information content (AvgIpc) is 2.90. The fourth-order valence-electron chi connectivity index (χ4n) is 4.80. The molecular weight excluding hydrogens is 433 g/mol. The topological polar surface area (TPSA) is 68.8 Å². The smallest absolute Gasteiger partial charge is 0.225 e. The highest BCUT2D eigenvalue weighted by Gasteiger charge is 2.28. The molecule has 2 aliphatic rings. The number of carbonyl (C=O) groups is 2. The standard InChI is InChI=1S/C26H34FN5O2/c27-23-3-5-24(6-4-23)31-16-18-32(19-17-31)26(34)22-2-1-14-30(15-10-25(33)29-13-9-22)20-21-7-11-28-12-8-21/h3-8,11-12,22H,1-2,9-10,13-20H2,(H,29,33). The first-order valence-electron chi connectivity index (χ1n) is 12.3. The normalized spacial score (nSPS) is 21.0. The van der Waals surface area contributed by atoms with Crippen molar-refractivity contribution in [2.45, 2.75) is 32.2 Å². The first-order valence-corrected chi connectivity index (χ1v) is 12.3. The van der Waals surface area contributed by atoms with Gasteiger partial charge < -0.3 is 15.1 Å². The van der Waals surface area contributed by atoms with E-state index in [0.29, 0.717) is 39.0 Å². The maximum atomic E-state index is 13.4. The Morgan fingerprint density at radius 3 is 2.44 bits per heavy atom. The van der Waals surface area contributed by atoms with Crippen LogP contribution in [0.4, 0.5) is 10.1 Å². The predicted molar refractivity (Wildman–Crippen MR) is 130 cm³/mol. The summed E-state index contributed by atoms with van der Waals surface area (Å²) in [5, 5.41) is 3.00. The van der Waals surface area contributed by atoms with E-state index in [1.807, 2.05) is 17.0 Å². The van der Waals surface area contributed by atoms with E-state index in [0.717, 1.165) is 44.7 Å². The highest BCUT2D eigenvalue weighted by molar-refractivity contribution is 5.79. The van der Waals surface area contributed by atoms with E-state index in [4.69, 9.17) is 0 Å². The maximum Gasteiger partial charge on any atom is 0.225 e. The van der Waals surface area contributed by atoms with Gasteiger partial charge in [0.05, 0.1) is 0 Å². The van der Waals surface area contributed by atoms with Gasteiger partial charge >= 0.3 is 0 Å². The molecule has 1 unspecified atom stereocenters. The highest BCUT2D eigenvalue weighted by atomic mass is 19.1. The summed E-state index contributed by atoms with van der Waals surface area (Å²) in [7, 11) is 0. The van der Waals surface area contributed by atoms with Crippen molar-refractivity contribution in [2.24, 2.45) is 5.92 Å². The summed E-state index contributed by atoms with van der Waals surface area (Å²) in [4.78, 5) is 36.2. The zero-order chi connectivity index (χ0) is 23.8. The Hall–Kier alpha value is -3.00. The minimum absolute atomic E-state index is 0.0424. The number of amides is 2. The van der Waals surface area contributed by atoms with Gasteiger partial charge in [0, 0.05) is 76.2 Å². The van der Waals surface area contributed by atoms with Crippen LogP contribution in [0.15, 0.2) is 48.8 Å². The van der Waals surface area contributed by atoms with Gasteiger partial charge in [-0.1, -0.05) is 0 Å². The van der Waals surface area contributed by atoms with E-state index in [9.17, 15) is 14.0 Å². The van der Waals surface area contributed by atoms with Crippen LogP contribution < -0.4 is 10.2 Å². The average molecular weight is 468 g/mol. The SMILES string of the molecule is O=C1CCN(Cc2ccncc2)CCCC(C(=O)N2CCN(c3ccc(F)cc3)CC2)CCN1. The van der Waals surface area contributed by atoms with Gasteiger partial charge in [0.2, 0.25) is 11.8 Å². The minimum Gasteiger partial charge on any atom is -0.368 e. The number of halogens is 1. The Morgan fingerprint density at radius 2 is 1.71 bits per heavy atom. The van der Waals surface area contributed by atoms with E-state index in [1.165, 1.54) is 17.7 Å². The second-order valence-electron chi connectivity index (χ2n) is 9.15. The second-order valence-corrected chi connectivity index (χ2v) is 9.15. The van der Waals surface area contributed by atoms with Crippen LogP contribution in [0, 0.1) is 11.7 Å². The molecule has 0 saturated carbocycles. The molecule has 0 radical (unpaired) electrons. The molecule has 1 aromatic carbocycles. The molecule has 1 aromatic heterocycles. The molecule has 2 fully saturated rings. The number of pyridine rings is 1. The number of hydrogen-bond donors (Lipinski definition) is 1. The quantitative estimate of drug-likeness (QED) is 0.749. The second kappa shape index (κ2) is 11.9. The highest BCUT2D eigenvalue weighted by Crippen LogP contribution is 2.21. The summed E-state index contributed by atoms with van der Waals surface area (Å²) in [5.41, 5.74) is 2.16. The van der Waals surface area contributed by atoms with Crippen LogP contribution in [-0.4, -0.2) is 72.4 Å². The summed E-state index contributed by atoms with van der Waals surface area (Å²) < 4.78 is 13.2. The van der Waals surface area contributed by atoms with Gasteiger partial charge in [-0.25, -0.2) is 4.39 Å². The number of nitrogens with one attached hydrogen (secondary N) is 1. The maximum absolute atomic E-state index is 13.4. The van der Waals surface area contributed by atoms with E-state index in [1.54, 1.807) is 24.5 Å². The lowest BCUT2D eigenvalue weighted by Crippen LogP contribution is -2.50. The van der Waals surface area contributed by atoms with Crippen molar-refractivity contribution in [3.63, 3.8) is 0 Å². The molecule has 0 bridgehead atoms. The van der Waals surface area contributed by atoms with Gasteiger partial charge in [-0.05, 0) is 67.8 Å². The van der Waals surface area contributed by atoms with Crippen molar-refractivity contribution < 1.29 is 14.0 Å². The number of rotatable bonds is 4. The van der Waals surface area contributed by atoms with Crippen LogP contribution in [0.25, 0.3) is 0 Å². The van der Waals surface area contributed by atoms with Crippen molar-refractivity contribution >= 4 is 17.5 Å². The van der Waals surface area contributed by atoms with E-state index in [2.05, 4.69) is 20.1 Å².